The quantitative estimate of drug-likeness (QED) is 0.456. The Morgan fingerprint density at radius 2 is 1.84 bits per heavy atom. The van der Waals surface area contributed by atoms with Gasteiger partial charge in [0.15, 0.2) is 0 Å². The Hall–Kier alpha value is -1.16. The number of carbonyl (C=O) groups excluding carboxylic acids is 2. The molecule has 2 rings (SSSR count). The Bertz CT molecular complexity index is 499. The number of aryl methyl sites for hydroxylation is 1. The monoisotopic (exact) mass is 323 g/mol. The van der Waals surface area contributed by atoms with E-state index in [4.69, 9.17) is 0 Å². The fourth-order valence-corrected chi connectivity index (χ4v) is 2.75. The number of unbranched alkanes of at least 4 members (excludes halogenated alkanes) is 3. The average molecular weight is 324 g/mol. The van der Waals surface area contributed by atoms with Crippen LogP contribution >= 0.6 is 15.9 Å². The highest BCUT2D eigenvalue weighted by Gasteiger charge is 2.35. The van der Waals surface area contributed by atoms with E-state index in [0.29, 0.717) is 12.1 Å². The molecule has 0 fully saturated rings. The number of fused-ring (bicyclic) bond motifs is 1. The number of rotatable bonds is 6. The van der Waals surface area contributed by atoms with Crippen molar-refractivity contribution in [3.63, 3.8) is 0 Å². The molecule has 1 amide bonds. The van der Waals surface area contributed by atoms with E-state index in [1.165, 1.54) is 0 Å². The molecule has 0 aromatic heterocycles. The molecule has 19 heavy (non-hydrogen) atoms. The smallest absolute Gasteiger partial charge is 0.299 e. The van der Waals surface area contributed by atoms with Gasteiger partial charge in [0.2, 0.25) is 0 Å². The van der Waals surface area contributed by atoms with Crippen LogP contribution in [0.25, 0.3) is 0 Å². The first-order valence-electron chi connectivity index (χ1n) is 6.68. The number of alkyl halides is 1. The van der Waals surface area contributed by atoms with Crippen LogP contribution in [0.5, 0.6) is 0 Å². The molecule has 0 radical (unpaired) electrons. The van der Waals surface area contributed by atoms with Gasteiger partial charge < -0.3 is 4.90 Å². The van der Waals surface area contributed by atoms with Gasteiger partial charge in [-0.1, -0.05) is 40.4 Å². The van der Waals surface area contributed by atoms with Crippen LogP contribution in [0.1, 0.15) is 41.6 Å². The van der Waals surface area contributed by atoms with Crippen LogP contribution in [-0.2, 0) is 4.79 Å². The van der Waals surface area contributed by atoms with Gasteiger partial charge in [-0.05, 0) is 31.9 Å². The number of hydrogen-bond acceptors (Lipinski definition) is 2. The van der Waals surface area contributed by atoms with Crippen LogP contribution in [0.2, 0.25) is 0 Å². The van der Waals surface area contributed by atoms with Crippen molar-refractivity contribution in [3.8, 4) is 0 Å². The summed E-state index contributed by atoms with van der Waals surface area (Å²) in [5, 5.41) is 1.02. The second-order valence-corrected chi connectivity index (χ2v) is 5.70. The molecule has 0 aliphatic carbocycles. The van der Waals surface area contributed by atoms with Crippen LogP contribution < -0.4 is 4.90 Å². The molecule has 1 aliphatic rings. The fraction of sp³-hybridized carbons (Fsp3) is 0.467. The molecular formula is C15H18BrNO2. The van der Waals surface area contributed by atoms with Gasteiger partial charge in [-0.3, -0.25) is 9.59 Å². The summed E-state index contributed by atoms with van der Waals surface area (Å²) in [7, 11) is 0. The summed E-state index contributed by atoms with van der Waals surface area (Å²) in [5.41, 5.74) is 2.35. The third kappa shape index (κ3) is 3.06. The minimum atomic E-state index is -0.374. The summed E-state index contributed by atoms with van der Waals surface area (Å²) in [4.78, 5) is 25.5. The minimum absolute atomic E-state index is 0.362. The zero-order chi connectivity index (χ0) is 13.8. The minimum Gasteiger partial charge on any atom is -0.305 e. The second kappa shape index (κ2) is 6.33. The van der Waals surface area contributed by atoms with Gasteiger partial charge in [-0.15, -0.1) is 0 Å². The number of ketones is 1. The maximum atomic E-state index is 12.0. The third-order valence-electron chi connectivity index (χ3n) is 3.39. The number of anilines is 1. The Morgan fingerprint density at radius 1 is 1.11 bits per heavy atom. The molecule has 0 unspecified atom stereocenters. The number of benzene rings is 1. The van der Waals surface area contributed by atoms with Crippen LogP contribution in [-0.4, -0.2) is 23.6 Å². The lowest BCUT2D eigenvalue weighted by Gasteiger charge is -2.16. The first kappa shape index (κ1) is 14.3. The molecule has 1 heterocycles. The Kier molecular flexibility index (Phi) is 4.75. The van der Waals surface area contributed by atoms with E-state index in [1.807, 2.05) is 19.1 Å². The van der Waals surface area contributed by atoms with Crippen molar-refractivity contribution in [2.24, 2.45) is 0 Å². The van der Waals surface area contributed by atoms with Gasteiger partial charge in [-0.2, -0.15) is 0 Å². The molecule has 102 valence electrons. The van der Waals surface area contributed by atoms with Crippen LogP contribution in [0.4, 0.5) is 5.69 Å². The third-order valence-corrected chi connectivity index (χ3v) is 3.95. The zero-order valence-electron chi connectivity index (χ0n) is 11.1. The molecular weight excluding hydrogens is 306 g/mol. The summed E-state index contributed by atoms with van der Waals surface area (Å²) in [5.74, 6) is -0.736. The van der Waals surface area contributed by atoms with Crippen molar-refractivity contribution < 1.29 is 9.59 Å². The highest BCUT2D eigenvalue weighted by Crippen LogP contribution is 2.29. The predicted octanol–water partition coefficient (Wildman–Crippen LogP) is 3.48. The van der Waals surface area contributed by atoms with Crippen molar-refractivity contribution in [3.05, 3.63) is 29.3 Å². The maximum absolute atomic E-state index is 12.0. The van der Waals surface area contributed by atoms with Gasteiger partial charge in [0.1, 0.15) is 0 Å². The first-order valence-corrected chi connectivity index (χ1v) is 7.80. The zero-order valence-corrected chi connectivity index (χ0v) is 12.7. The number of Topliss-reactive ketones (excluding diaryl/α,β-unsaturated/α-hetero) is 1. The lowest BCUT2D eigenvalue weighted by Crippen LogP contribution is -2.30. The summed E-state index contributed by atoms with van der Waals surface area (Å²) in [6, 6.07) is 5.63. The van der Waals surface area contributed by atoms with E-state index < -0.39 is 0 Å². The van der Waals surface area contributed by atoms with Gasteiger partial charge in [0.05, 0.1) is 11.3 Å². The van der Waals surface area contributed by atoms with E-state index in [0.717, 1.165) is 42.3 Å². The van der Waals surface area contributed by atoms with Crippen molar-refractivity contribution in [2.45, 2.75) is 32.6 Å². The standard InChI is InChI=1S/C15H18BrNO2/c1-11-6-7-13-12(10-11)14(18)15(19)17(13)9-5-3-2-4-8-16/h6-7,10H,2-5,8-9H2,1H3. The molecule has 0 N–H and O–H groups in total. The van der Waals surface area contributed by atoms with Crippen molar-refractivity contribution in [2.75, 3.05) is 16.8 Å². The maximum Gasteiger partial charge on any atom is 0.299 e. The molecule has 0 saturated carbocycles. The second-order valence-electron chi connectivity index (χ2n) is 4.91. The molecule has 0 bridgehead atoms. The topological polar surface area (TPSA) is 37.4 Å². The van der Waals surface area contributed by atoms with E-state index in [2.05, 4.69) is 15.9 Å². The van der Waals surface area contributed by atoms with E-state index >= 15 is 0 Å². The molecule has 0 saturated heterocycles. The van der Waals surface area contributed by atoms with E-state index in [-0.39, 0.29) is 11.7 Å². The van der Waals surface area contributed by atoms with Gasteiger partial charge in [0.25, 0.3) is 11.7 Å². The molecule has 0 spiro atoms. The fourth-order valence-electron chi connectivity index (χ4n) is 2.35. The lowest BCUT2D eigenvalue weighted by atomic mass is 10.1. The first-order chi connectivity index (χ1) is 9.15. The van der Waals surface area contributed by atoms with E-state index in [9.17, 15) is 9.59 Å². The molecule has 1 aromatic rings. The van der Waals surface area contributed by atoms with Gasteiger partial charge in [-0.25, -0.2) is 0 Å². The molecule has 1 aromatic carbocycles. The highest BCUT2D eigenvalue weighted by atomic mass is 79.9. The Balaban J connectivity index is 2.02. The molecule has 3 nitrogen and oxygen atoms in total. The van der Waals surface area contributed by atoms with Gasteiger partial charge >= 0.3 is 0 Å². The summed E-state index contributed by atoms with van der Waals surface area (Å²) in [6.07, 6.45) is 4.34. The van der Waals surface area contributed by atoms with E-state index in [1.54, 1.807) is 11.0 Å². The Morgan fingerprint density at radius 3 is 2.58 bits per heavy atom. The summed E-state index contributed by atoms with van der Waals surface area (Å²) in [6.45, 7) is 2.57. The highest BCUT2D eigenvalue weighted by molar-refractivity contribution is 9.09. The molecule has 4 heteroatoms. The lowest BCUT2D eigenvalue weighted by molar-refractivity contribution is -0.114. The normalized spacial score (nSPS) is 14.1. The summed E-state index contributed by atoms with van der Waals surface area (Å²) < 4.78 is 0. The SMILES string of the molecule is Cc1ccc2c(c1)C(=O)C(=O)N2CCCCCCBr. The number of hydrogen-bond donors (Lipinski definition) is 0. The predicted molar refractivity (Wildman–Crippen MR) is 80.1 cm³/mol. The van der Waals surface area contributed by atoms with Crippen LogP contribution in [0.3, 0.4) is 0 Å². The van der Waals surface area contributed by atoms with Crippen LogP contribution in [0.15, 0.2) is 18.2 Å². The number of carbonyl (C=O) groups is 2. The largest absolute Gasteiger partial charge is 0.305 e. The molecule has 1 aliphatic heterocycles. The number of amides is 1. The van der Waals surface area contributed by atoms with Crippen molar-refractivity contribution >= 4 is 33.3 Å². The van der Waals surface area contributed by atoms with Gasteiger partial charge in [0, 0.05) is 11.9 Å². The number of halogens is 1. The summed E-state index contributed by atoms with van der Waals surface area (Å²) >= 11 is 3.40. The Labute approximate surface area is 122 Å². The van der Waals surface area contributed by atoms with Crippen molar-refractivity contribution in [1.82, 2.24) is 0 Å². The van der Waals surface area contributed by atoms with Crippen LogP contribution in [0, 0.1) is 6.92 Å². The molecule has 0 atom stereocenters. The average Bonchev–Trinajstić information content (AvgIpc) is 2.63. The van der Waals surface area contributed by atoms with Crippen molar-refractivity contribution in [1.29, 1.82) is 0 Å². The number of nitrogens with zero attached hydrogens (tertiary/aromatic N) is 1.